The van der Waals surface area contributed by atoms with E-state index in [1.54, 1.807) is 11.0 Å². The molecule has 7 nitrogen and oxygen atoms in total. The summed E-state index contributed by atoms with van der Waals surface area (Å²) >= 11 is 0. The second-order valence-corrected chi connectivity index (χ2v) is 5.74. The van der Waals surface area contributed by atoms with Gasteiger partial charge in [0.15, 0.2) is 0 Å². The van der Waals surface area contributed by atoms with Crippen molar-refractivity contribution in [2.45, 2.75) is 19.4 Å². The van der Waals surface area contributed by atoms with E-state index < -0.39 is 11.9 Å². The number of rotatable bonds is 5. The Balaban J connectivity index is 1.94. The molecular formula is C17H22FN3O4. The van der Waals surface area contributed by atoms with Gasteiger partial charge in [0.1, 0.15) is 17.6 Å². The number of likely N-dealkylation sites (N-methyl/N-ethyl adjacent to an activating group) is 1. The predicted molar refractivity (Wildman–Crippen MR) is 88.3 cm³/mol. The number of carbonyl (C=O) groups is 3. The molecule has 1 fully saturated rings. The van der Waals surface area contributed by atoms with Crippen molar-refractivity contribution in [3.8, 4) is 5.75 Å². The normalized spacial score (nSPS) is 17.2. The number of hydrogen-bond donors (Lipinski definition) is 1. The van der Waals surface area contributed by atoms with Crippen LogP contribution >= 0.6 is 0 Å². The summed E-state index contributed by atoms with van der Waals surface area (Å²) in [5, 5.41) is 2.52. The van der Waals surface area contributed by atoms with E-state index in [0.717, 1.165) is 0 Å². The molecule has 0 bridgehead atoms. The molecule has 0 aliphatic carbocycles. The molecule has 1 aliphatic rings. The third-order valence-electron chi connectivity index (χ3n) is 4.08. The minimum absolute atomic E-state index is 0.0596. The molecular weight excluding hydrogens is 329 g/mol. The molecule has 25 heavy (non-hydrogen) atoms. The Morgan fingerprint density at radius 2 is 2.08 bits per heavy atom. The summed E-state index contributed by atoms with van der Waals surface area (Å²) in [7, 11) is 1.49. The number of amides is 3. The van der Waals surface area contributed by atoms with Crippen LogP contribution in [0.4, 0.5) is 4.39 Å². The molecule has 1 aromatic rings. The van der Waals surface area contributed by atoms with Crippen LogP contribution in [-0.4, -0.2) is 66.9 Å². The van der Waals surface area contributed by atoms with Crippen molar-refractivity contribution >= 4 is 17.7 Å². The van der Waals surface area contributed by atoms with Crippen LogP contribution in [0.25, 0.3) is 0 Å². The Hall–Kier alpha value is -2.64. The van der Waals surface area contributed by atoms with Crippen molar-refractivity contribution in [2.75, 3.05) is 33.3 Å². The molecule has 8 heteroatoms. The zero-order valence-electron chi connectivity index (χ0n) is 14.3. The summed E-state index contributed by atoms with van der Waals surface area (Å²) in [6, 6.07) is 4.95. The van der Waals surface area contributed by atoms with Gasteiger partial charge in [-0.15, -0.1) is 0 Å². The molecule has 0 radical (unpaired) electrons. The molecule has 2 rings (SSSR count). The Labute approximate surface area is 145 Å². The summed E-state index contributed by atoms with van der Waals surface area (Å²) in [6.07, 6.45) is 0.0596. The molecule has 0 spiro atoms. The fourth-order valence-corrected chi connectivity index (χ4v) is 2.72. The molecule has 1 N–H and O–H groups in total. The highest BCUT2D eigenvalue weighted by Crippen LogP contribution is 2.14. The summed E-state index contributed by atoms with van der Waals surface area (Å²) in [5.41, 5.74) is 0. The number of ether oxygens (including phenoxy) is 1. The zero-order valence-corrected chi connectivity index (χ0v) is 14.3. The third kappa shape index (κ3) is 4.91. The molecule has 1 aliphatic heterocycles. The lowest BCUT2D eigenvalue weighted by molar-refractivity contribution is -0.148. The average Bonchev–Trinajstić information content (AvgIpc) is 2.60. The van der Waals surface area contributed by atoms with Gasteiger partial charge in [-0.2, -0.15) is 0 Å². The van der Waals surface area contributed by atoms with E-state index >= 15 is 0 Å². The van der Waals surface area contributed by atoms with Crippen LogP contribution in [0, 0.1) is 5.82 Å². The van der Waals surface area contributed by atoms with Gasteiger partial charge in [0.05, 0.1) is 19.6 Å². The van der Waals surface area contributed by atoms with Gasteiger partial charge in [-0.1, -0.05) is 6.07 Å². The Morgan fingerprint density at radius 3 is 2.72 bits per heavy atom. The zero-order chi connectivity index (χ0) is 18.4. The molecule has 0 saturated carbocycles. The van der Waals surface area contributed by atoms with Gasteiger partial charge >= 0.3 is 0 Å². The Kier molecular flexibility index (Phi) is 6.32. The SMILES string of the molecule is CNC(=O)C1CN(C(C)=O)CCN1C(=O)CCOc1cccc(F)c1. The highest BCUT2D eigenvalue weighted by atomic mass is 19.1. The topological polar surface area (TPSA) is 79.0 Å². The van der Waals surface area contributed by atoms with Crippen LogP contribution in [0.3, 0.4) is 0 Å². The van der Waals surface area contributed by atoms with Crippen LogP contribution in [0.15, 0.2) is 24.3 Å². The smallest absolute Gasteiger partial charge is 0.244 e. The molecule has 1 atom stereocenters. The van der Waals surface area contributed by atoms with Gasteiger partial charge in [-0.25, -0.2) is 4.39 Å². The average molecular weight is 351 g/mol. The van der Waals surface area contributed by atoms with Crippen LogP contribution in [0.1, 0.15) is 13.3 Å². The maximum atomic E-state index is 13.1. The van der Waals surface area contributed by atoms with Gasteiger partial charge in [0.2, 0.25) is 17.7 Å². The number of carbonyl (C=O) groups excluding carboxylic acids is 3. The molecule has 1 heterocycles. The predicted octanol–water partition coefficient (Wildman–Crippen LogP) is 0.400. The van der Waals surface area contributed by atoms with E-state index in [-0.39, 0.29) is 43.8 Å². The summed E-state index contributed by atoms with van der Waals surface area (Å²) < 4.78 is 18.5. The van der Waals surface area contributed by atoms with E-state index in [1.165, 1.54) is 37.1 Å². The lowest BCUT2D eigenvalue weighted by Crippen LogP contribution is -2.61. The lowest BCUT2D eigenvalue weighted by Gasteiger charge is -2.40. The van der Waals surface area contributed by atoms with Crippen LogP contribution in [0.5, 0.6) is 5.75 Å². The first-order valence-electron chi connectivity index (χ1n) is 8.07. The number of nitrogens with zero attached hydrogens (tertiary/aromatic N) is 2. The molecule has 0 aromatic heterocycles. The van der Waals surface area contributed by atoms with Gasteiger partial charge in [-0.3, -0.25) is 14.4 Å². The molecule has 1 unspecified atom stereocenters. The van der Waals surface area contributed by atoms with Gasteiger partial charge in [0, 0.05) is 33.1 Å². The summed E-state index contributed by atoms with van der Waals surface area (Å²) in [4.78, 5) is 39.1. The highest BCUT2D eigenvalue weighted by Gasteiger charge is 2.35. The second-order valence-electron chi connectivity index (χ2n) is 5.74. The number of halogens is 1. The highest BCUT2D eigenvalue weighted by molar-refractivity contribution is 5.89. The fourth-order valence-electron chi connectivity index (χ4n) is 2.72. The fraction of sp³-hybridized carbons (Fsp3) is 0.471. The van der Waals surface area contributed by atoms with Crippen molar-refractivity contribution < 1.29 is 23.5 Å². The number of nitrogens with one attached hydrogen (secondary N) is 1. The van der Waals surface area contributed by atoms with E-state index in [9.17, 15) is 18.8 Å². The molecule has 1 aromatic carbocycles. The Bertz CT molecular complexity index is 653. The van der Waals surface area contributed by atoms with Crippen LogP contribution in [0.2, 0.25) is 0 Å². The first-order valence-corrected chi connectivity index (χ1v) is 8.07. The number of benzene rings is 1. The molecule has 1 saturated heterocycles. The number of hydrogen-bond acceptors (Lipinski definition) is 4. The third-order valence-corrected chi connectivity index (χ3v) is 4.08. The van der Waals surface area contributed by atoms with E-state index in [2.05, 4.69) is 5.32 Å². The maximum Gasteiger partial charge on any atom is 0.244 e. The van der Waals surface area contributed by atoms with Crippen molar-refractivity contribution in [3.05, 3.63) is 30.1 Å². The quantitative estimate of drug-likeness (QED) is 0.833. The molecule has 136 valence electrons. The van der Waals surface area contributed by atoms with Gasteiger partial charge in [-0.05, 0) is 12.1 Å². The van der Waals surface area contributed by atoms with E-state index in [4.69, 9.17) is 4.74 Å². The van der Waals surface area contributed by atoms with Crippen molar-refractivity contribution in [1.82, 2.24) is 15.1 Å². The number of piperazine rings is 1. The first kappa shape index (κ1) is 18.7. The van der Waals surface area contributed by atoms with Crippen molar-refractivity contribution in [2.24, 2.45) is 0 Å². The maximum absolute atomic E-state index is 13.1. The molecule has 3 amide bonds. The van der Waals surface area contributed by atoms with Gasteiger partial charge < -0.3 is 19.9 Å². The second kappa shape index (κ2) is 8.46. The van der Waals surface area contributed by atoms with Crippen LogP contribution < -0.4 is 10.1 Å². The lowest BCUT2D eigenvalue weighted by atomic mass is 10.1. The van der Waals surface area contributed by atoms with Crippen molar-refractivity contribution in [3.63, 3.8) is 0 Å². The monoisotopic (exact) mass is 351 g/mol. The minimum atomic E-state index is -0.718. The Morgan fingerprint density at radius 1 is 1.32 bits per heavy atom. The summed E-state index contributed by atoms with van der Waals surface area (Å²) in [6.45, 7) is 2.36. The minimum Gasteiger partial charge on any atom is -0.493 e. The largest absolute Gasteiger partial charge is 0.493 e. The van der Waals surface area contributed by atoms with E-state index in [0.29, 0.717) is 12.3 Å². The van der Waals surface area contributed by atoms with Crippen LogP contribution in [-0.2, 0) is 14.4 Å². The van der Waals surface area contributed by atoms with E-state index in [1.807, 2.05) is 0 Å². The first-order chi connectivity index (χ1) is 11.9. The van der Waals surface area contributed by atoms with Gasteiger partial charge in [0.25, 0.3) is 0 Å². The standard InChI is InChI=1S/C17H22FN3O4/c1-12(22)20-7-8-21(15(11-20)17(24)19-2)16(23)6-9-25-14-5-3-4-13(18)10-14/h3-5,10,15H,6-9,11H2,1-2H3,(H,19,24). The summed E-state index contributed by atoms with van der Waals surface area (Å²) in [5.74, 6) is -0.755. The van der Waals surface area contributed by atoms with Crippen molar-refractivity contribution in [1.29, 1.82) is 0 Å².